The van der Waals surface area contributed by atoms with E-state index in [9.17, 15) is 13.0 Å². The van der Waals surface area contributed by atoms with Crippen molar-refractivity contribution < 1.29 is 13.0 Å². The molecular weight excluding hydrogens is 348 g/mol. The molecule has 1 aliphatic rings. The summed E-state index contributed by atoms with van der Waals surface area (Å²) in [6, 6.07) is 14.3. The third-order valence-corrected chi connectivity index (χ3v) is 5.16. The summed E-state index contributed by atoms with van der Waals surface area (Å²) in [6.45, 7) is 3.95. The van der Waals surface area contributed by atoms with Gasteiger partial charge in [-0.1, -0.05) is 38.1 Å². The van der Waals surface area contributed by atoms with Gasteiger partial charge in [0.25, 0.3) is 10.1 Å². The molecule has 0 saturated carbocycles. The fourth-order valence-corrected chi connectivity index (χ4v) is 3.31. The predicted octanol–water partition coefficient (Wildman–Crippen LogP) is 4.48. The molecule has 0 fully saturated rings. The first kappa shape index (κ1) is 18.1. The van der Waals surface area contributed by atoms with Gasteiger partial charge in [-0.25, -0.2) is 0 Å². The SMILES string of the molecule is CC1(C)C(C=CC=CNc2ccccc2)=Nc2ccc(S(=O)(=O)O)cc21. The van der Waals surface area contributed by atoms with Gasteiger partial charge in [0.2, 0.25) is 0 Å². The Morgan fingerprint density at radius 1 is 1.08 bits per heavy atom. The van der Waals surface area contributed by atoms with E-state index in [4.69, 9.17) is 0 Å². The largest absolute Gasteiger partial charge is 0.362 e. The molecular formula is C20H20N2O3S. The van der Waals surface area contributed by atoms with Crippen LogP contribution in [-0.2, 0) is 15.5 Å². The molecule has 0 bridgehead atoms. The van der Waals surface area contributed by atoms with Gasteiger partial charge in [0.1, 0.15) is 0 Å². The second-order valence-electron chi connectivity index (χ2n) is 6.50. The van der Waals surface area contributed by atoms with E-state index in [2.05, 4.69) is 10.3 Å². The van der Waals surface area contributed by atoms with E-state index in [1.807, 2.05) is 68.6 Å². The minimum Gasteiger partial charge on any atom is -0.362 e. The number of anilines is 1. The number of para-hydroxylation sites is 1. The van der Waals surface area contributed by atoms with E-state index in [1.165, 1.54) is 12.1 Å². The van der Waals surface area contributed by atoms with Gasteiger partial charge in [0.15, 0.2) is 0 Å². The first-order chi connectivity index (χ1) is 12.3. The molecule has 0 aliphatic carbocycles. The molecule has 5 nitrogen and oxygen atoms in total. The van der Waals surface area contributed by atoms with Crippen LogP contribution in [0.2, 0.25) is 0 Å². The highest BCUT2D eigenvalue weighted by Crippen LogP contribution is 2.41. The average molecular weight is 368 g/mol. The summed E-state index contributed by atoms with van der Waals surface area (Å²) >= 11 is 0. The van der Waals surface area contributed by atoms with Crippen LogP contribution in [0, 0.1) is 0 Å². The fourth-order valence-electron chi connectivity index (χ4n) is 2.81. The molecule has 0 amide bonds. The van der Waals surface area contributed by atoms with E-state index in [0.717, 1.165) is 17.0 Å². The molecule has 1 heterocycles. The normalized spacial score (nSPS) is 16.0. The number of rotatable bonds is 5. The van der Waals surface area contributed by atoms with Gasteiger partial charge in [-0.3, -0.25) is 9.55 Å². The van der Waals surface area contributed by atoms with Crippen LogP contribution in [0.25, 0.3) is 0 Å². The molecule has 1 aliphatic heterocycles. The van der Waals surface area contributed by atoms with Crippen molar-refractivity contribution in [1.29, 1.82) is 0 Å². The second-order valence-corrected chi connectivity index (χ2v) is 7.93. The third kappa shape index (κ3) is 3.76. The highest BCUT2D eigenvalue weighted by molar-refractivity contribution is 7.85. The standard InChI is InChI=1S/C20H20N2O3S/c1-20(2)17-14-16(26(23,24)25)11-12-18(17)22-19(20)10-6-7-13-21-15-8-4-3-5-9-15/h3-14,21H,1-2H3,(H,23,24,25). The quantitative estimate of drug-likeness (QED) is 0.602. The number of aliphatic imine (C=N–C) groups is 1. The van der Waals surface area contributed by atoms with E-state index in [0.29, 0.717) is 5.69 Å². The Labute approximate surface area is 153 Å². The Hall–Kier alpha value is -2.70. The zero-order valence-electron chi connectivity index (χ0n) is 14.5. The Kier molecular flexibility index (Phi) is 4.80. The monoisotopic (exact) mass is 368 g/mol. The van der Waals surface area contributed by atoms with Crippen LogP contribution in [-0.4, -0.2) is 18.7 Å². The Morgan fingerprint density at radius 3 is 2.50 bits per heavy atom. The van der Waals surface area contributed by atoms with Gasteiger partial charge in [-0.2, -0.15) is 8.42 Å². The molecule has 6 heteroatoms. The lowest BCUT2D eigenvalue weighted by Crippen LogP contribution is -2.24. The van der Waals surface area contributed by atoms with Crippen molar-refractivity contribution in [3.8, 4) is 0 Å². The van der Waals surface area contributed by atoms with E-state index in [1.54, 1.807) is 6.07 Å². The molecule has 0 saturated heterocycles. The highest BCUT2D eigenvalue weighted by Gasteiger charge is 2.34. The molecule has 2 aromatic carbocycles. The minimum atomic E-state index is -4.23. The number of allylic oxidation sites excluding steroid dienone is 3. The molecule has 0 unspecified atom stereocenters. The van der Waals surface area contributed by atoms with Gasteiger partial charge in [-0.05, 0) is 48.0 Å². The molecule has 0 radical (unpaired) electrons. The number of hydrogen-bond donors (Lipinski definition) is 2. The zero-order chi connectivity index (χ0) is 18.8. The summed E-state index contributed by atoms with van der Waals surface area (Å²) in [4.78, 5) is 4.47. The number of nitrogens with one attached hydrogen (secondary N) is 1. The summed E-state index contributed by atoms with van der Waals surface area (Å²) in [5.41, 5.74) is 2.87. The number of hydrogen-bond acceptors (Lipinski definition) is 4. The predicted molar refractivity (Wildman–Crippen MR) is 105 cm³/mol. The fraction of sp³-hybridized carbons (Fsp3) is 0.150. The van der Waals surface area contributed by atoms with Crippen molar-refractivity contribution >= 4 is 27.2 Å². The van der Waals surface area contributed by atoms with Crippen molar-refractivity contribution in [2.24, 2.45) is 4.99 Å². The van der Waals surface area contributed by atoms with Crippen LogP contribution in [0.4, 0.5) is 11.4 Å². The molecule has 2 N–H and O–H groups in total. The summed E-state index contributed by atoms with van der Waals surface area (Å²) in [5, 5.41) is 3.17. The zero-order valence-corrected chi connectivity index (χ0v) is 15.4. The van der Waals surface area contributed by atoms with Crippen molar-refractivity contribution in [1.82, 2.24) is 0 Å². The lowest BCUT2D eigenvalue weighted by atomic mass is 9.81. The lowest BCUT2D eigenvalue weighted by molar-refractivity contribution is 0.483. The van der Waals surface area contributed by atoms with Gasteiger partial charge >= 0.3 is 0 Å². The summed E-state index contributed by atoms with van der Waals surface area (Å²) in [5.74, 6) is 0. The van der Waals surface area contributed by atoms with E-state index < -0.39 is 15.5 Å². The van der Waals surface area contributed by atoms with Gasteiger partial charge in [0.05, 0.1) is 16.3 Å². The highest BCUT2D eigenvalue weighted by atomic mass is 32.2. The smallest absolute Gasteiger partial charge is 0.294 e. The van der Waals surface area contributed by atoms with Crippen LogP contribution in [0.3, 0.4) is 0 Å². The Bertz CT molecular complexity index is 1000. The van der Waals surface area contributed by atoms with Crippen LogP contribution in [0.5, 0.6) is 0 Å². The maximum atomic E-state index is 11.4. The maximum Gasteiger partial charge on any atom is 0.294 e. The molecule has 0 atom stereocenters. The van der Waals surface area contributed by atoms with Crippen molar-refractivity contribution in [2.45, 2.75) is 24.2 Å². The molecule has 2 aromatic rings. The first-order valence-corrected chi connectivity index (χ1v) is 9.58. The lowest BCUT2D eigenvalue weighted by Gasteiger charge is -2.20. The minimum absolute atomic E-state index is 0.114. The third-order valence-electron chi connectivity index (χ3n) is 4.31. The van der Waals surface area contributed by atoms with Crippen molar-refractivity contribution in [3.05, 3.63) is 78.5 Å². The van der Waals surface area contributed by atoms with Crippen molar-refractivity contribution in [3.63, 3.8) is 0 Å². The summed E-state index contributed by atoms with van der Waals surface area (Å²) < 4.78 is 32.0. The Morgan fingerprint density at radius 2 is 1.81 bits per heavy atom. The van der Waals surface area contributed by atoms with E-state index in [-0.39, 0.29) is 4.90 Å². The molecule has 134 valence electrons. The first-order valence-electron chi connectivity index (χ1n) is 8.14. The molecule has 0 aromatic heterocycles. The molecule has 26 heavy (non-hydrogen) atoms. The number of nitrogens with zero attached hydrogens (tertiary/aromatic N) is 1. The molecule has 3 rings (SSSR count). The maximum absolute atomic E-state index is 11.4. The number of fused-ring (bicyclic) bond motifs is 1. The number of benzene rings is 2. The van der Waals surface area contributed by atoms with Crippen LogP contribution in [0.1, 0.15) is 19.4 Å². The molecule has 0 spiro atoms. The van der Waals surface area contributed by atoms with Crippen LogP contribution < -0.4 is 5.32 Å². The Balaban J connectivity index is 1.75. The average Bonchev–Trinajstić information content (AvgIpc) is 2.85. The van der Waals surface area contributed by atoms with Gasteiger partial charge in [0, 0.05) is 17.3 Å². The topological polar surface area (TPSA) is 78.8 Å². The van der Waals surface area contributed by atoms with Gasteiger partial charge in [-0.15, -0.1) is 0 Å². The van der Waals surface area contributed by atoms with Gasteiger partial charge < -0.3 is 5.32 Å². The second kappa shape index (κ2) is 6.90. The summed E-state index contributed by atoms with van der Waals surface area (Å²) in [6.07, 6.45) is 7.48. The van der Waals surface area contributed by atoms with E-state index >= 15 is 0 Å². The summed E-state index contributed by atoms with van der Waals surface area (Å²) in [7, 11) is -4.23. The van der Waals surface area contributed by atoms with Crippen LogP contribution >= 0.6 is 0 Å². The van der Waals surface area contributed by atoms with Crippen molar-refractivity contribution in [2.75, 3.05) is 5.32 Å². The van der Waals surface area contributed by atoms with Crippen LogP contribution in [0.15, 0.2) is 82.8 Å².